The number of pyridine rings is 1. The molecular weight excluding hydrogens is 582 g/mol. The summed E-state index contributed by atoms with van der Waals surface area (Å²) in [5, 5.41) is 5.91. The maximum atomic E-state index is 14.6. The van der Waals surface area contributed by atoms with Gasteiger partial charge < -0.3 is 15.0 Å². The number of halogens is 3. The van der Waals surface area contributed by atoms with Gasteiger partial charge in [-0.1, -0.05) is 23.7 Å². The smallest absolute Gasteiger partial charge is 0.331 e. The van der Waals surface area contributed by atoms with E-state index in [2.05, 4.69) is 20.6 Å². The number of urea groups is 1. The first-order valence-corrected chi connectivity index (χ1v) is 14.1. The van der Waals surface area contributed by atoms with E-state index in [1.54, 1.807) is 12.1 Å². The molecule has 4 aromatic rings. The Balaban J connectivity index is 1.06. The number of benzene rings is 1. The van der Waals surface area contributed by atoms with Crippen LogP contribution in [-0.4, -0.2) is 61.6 Å². The summed E-state index contributed by atoms with van der Waals surface area (Å²) < 4.78 is 31.0. The molecule has 0 bridgehead atoms. The fraction of sp³-hybridized carbons (Fsp3) is 0.310. The highest BCUT2D eigenvalue weighted by Gasteiger charge is 2.72. The predicted molar refractivity (Wildman–Crippen MR) is 153 cm³/mol. The number of imide groups is 1. The van der Waals surface area contributed by atoms with Crippen LogP contribution in [0.4, 0.5) is 30.9 Å². The third-order valence-electron chi connectivity index (χ3n) is 8.04. The molecule has 4 heterocycles. The van der Waals surface area contributed by atoms with Crippen molar-refractivity contribution >= 4 is 52.4 Å². The molecule has 1 aromatic carbocycles. The average Bonchev–Trinajstić information content (AvgIpc) is 3.85. The van der Waals surface area contributed by atoms with Crippen molar-refractivity contribution in [3.8, 4) is 0 Å². The number of nitrogens with one attached hydrogen (secondary N) is 2. The van der Waals surface area contributed by atoms with Crippen LogP contribution in [0.5, 0.6) is 0 Å². The first-order chi connectivity index (χ1) is 20.6. The van der Waals surface area contributed by atoms with Gasteiger partial charge in [0.25, 0.3) is 5.92 Å². The zero-order valence-electron chi connectivity index (χ0n) is 22.8. The average molecular weight is 607 g/mol. The van der Waals surface area contributed by atoms with Crippen LogP contribution >= 0.6 is 11.6 Å². The lowest BCUT2D eigenvalue weighted by atomic mass is 10.1. The summed E-state index contributed by atoms with van der Waals surface area (Å²) in [5.74, 6) is -6.32. The van der Waals surface area contributed by atoms with Crippen LogP contribution in [0.1, 0.15) is 41.5 Å². The molecule has 3 aliphatic rings. The van der Waals surface area contributed by atoms with E-state index in [4.69, 9.17) is 16.6 Å². The summed E-state index contributed by atoms with van der Waals surface area (Å²) >= 11 is 5.95. The zero-order valence-corrected chi connectivity index (χ0v) is 23.6. The second-order valence-corrected chi connectivity index (χ2v) is 11.5. The predicted octanol–water partition coefficient (Wildman–Crippen LogP) is 4.65. The number of nitrogens with zero attached hydrogens (tertiary/aromatic N) is 6. The van der Waals surface area contributed by atoms with Crippen molar-refractivity contribution in [1.29, 1.82) is 0 Å². The van der Waals surface area contributed by atoms with Crippen molar-refractivity contribution in [3.05, 3.63) is 77.0 Å². The van der Waals surface area contributed by atoms with Crippen molar-refractivity contribution < 1.29 is 23.2 Å². The monoisotopic (exact) mass is 606 g/mol. The van der Waals surface area contributed by atoms with E-state index < -0.39 is 29.7 Å². The van der Waals surface area contributed by atoms with Crippen LogP contribution < -0.4 is 15.5 Å². The van der Waals surface area contributed by atoms with Gasteiger partial charge in [-0.2, -0.15) is 0 Å². The summed E-state index contributed by atoms with van der Waals surface area (Å²) in [7, 11) is 1.46. The Hall–Kier alpha value is -4.65. The minimum Gasteiger partial charge on any atom is -0.364 e. The molecule has 2 N–H and O–H groups in total. The molecule has 11 nitrogen and oxygen atoms in total. The molecule has 0 spiro atoms. The standard InChI is InChI=1S/C29H25ClF2N8O3/c1-38-23(41)13-40(28(38)43)20-8-17(15-5-6-15)11-39-12-19(36-26(20)39)10-33-21-9-22(35-14-34-21)37-27(42)25-24(29(25,31)32)16-3-2-4-18(30)7-16/h2-4,7-9,11-12,14-15,24-25H,5-6,10,13H2,1H3,(H2,33,34,35,37,42)/t24-,25+/m1/s1. The Kier molecular flexibility index (Phi) is 6.31. The Morgan fingerprint density at radius 1 is 1.09 bits per heavy atom. The summed E-state index contributed by atoms with van der Waals surface area (Å²) in [6, 6.07) is 9.11. The van der Waals surface area contributed by atoms with Crippen LogP contribution in [0.15, 0.2) is 55.1 Å². The van der Waals surface area contributed by atoms with Crippen molar-refractivity contribution in [1.82, 2.24) is 24.3 Å². The molecular formula is C29H25ClF2N8O3. The van der Waals surface area contributed by atoms with Crippen LogP contribution in [-0.2, 0) is 16.1 Å². The third-order valence-corrected chi connectivity index (χ3v) is 8.28. The number of carbonyl (C=O) groups is 3. The van der Waals surface area contributed by atoms with E-state index in [0.717, 1.165) is 23.3 Å². The maximum absolute atomic E-state index is 14.6. The number of anilines is 3. The van der Waals surface area contributed by atoms with Crippen molar-refractivity contribution in [2.75, 3.05) is 29.1 Å². The number of amides is 4. The number of likely N-dealkylation sites (N-methyl/N-ethyl adjacent to an activating group) is 1. The van der Waals surface area contributed by atoms with E-state index in [1.807, 2.05) is 22.9 Å². The van der Waals surface area contributed by atoms with Crippen molar-refractivity contribution in [3.63, 3.8) is 0 Å². The van der Waals surface area contributed by atoms with Gasteiger partial charge in [0.1, 0.15) is 30.4 Å². The van der Waals surface area contributed by atoms with Crippen LogP contribution in [0, 0.1) is 5.92 Å². The number of fused-ring (bicyclic) bond motifs is 1. The van der Waals surface area contributed by atoms with E-state index in [9.17, 15) is 23.2 Å². The molecule has 43 heavy (non-hydrogen) atoms. The molecule has 2 aliphatic carbocycles. The second kappa shape index (κ2) is 9.97. The van der Waals surface area contributed by atoms with E-state index in [1.165, 1.54) is 36.5 Å². The van der Waals surface area contributed by atoms with Gasteiger partial charge in [-0.05, 0) is 48.1 Å². The number of rotatable bonds is 8. The minimum atomic E-state index is -3.20. The third kappa shape index (κ3) is 4.92. The van der Waals surface area contributed by atoms with Gasteiger partial charge >= 0.3 is 6.03 Å². The summed E-state index contributed by atoms with van der Waals surface area (Å²) in [5.41, 5.74) is 3.11. The van der Waals surface area contributed by atoms with E-state index >= 15 is 0 Å². The number of alkyl halides is 2. The fourth-order valence-electron chi connectivity index (χ4n) is 5.54. The zero-order chi connectivity index (χ0) is 30.0. The number of hydrogen-bond acceptors (Lipinski definition) is 7. The highest BCUT2D eigenvalue weighted by molar-refractivity contribution is 6.30. The molecule has 4 amide bonds. The lowest BCUT2D eigenvalue weighted by Crippen LogP contribution is -2.30. The van der Waals surface area contributed by atoms with Crippen molar-refractivity contribution in [2.45, 2.75) is 37.1 Å². The molecule has 7 rings (SSSR count). The van der Waals surface area contributed by atoms with E-state index in [-0.39, 0.29) is 24.8 Å². The summed E-state index contributed by atoms with van der Waals surface area (Å²) in [6.45, 7) is 0.177. The lowest BCUT2D eigenvalue weighted by molar-refractivity contribution is -0.124. The Morgan fingerprint density at radius 3 is 2.60 bits per heavy atom. The Bertz CT molecular complexity index is 1810. The number of imidazole rings is 1. The molecule has 220 valence electrons. The summed E-state index contributed by atoms with van der Waals surface area (Å²) in [4.78, 5) is 53.1. The van der Waals surface area contributed by atoms with E-state index in [0.29, 0.717) is 39.4 Å². The first kappa shape index (κ1) is 27.2. The number of carbonyl (C=O) groups excluding carboxylic acids is 3. The molecule has 3 fully saturated rings. The molecule has 0 radical (unpaired) electrons. The van der Waals surface area contributed by atoms with Gasteiger partial charge in [0, 0.05) is 30.5 Å². The van der Waals surface area contributed by atoms with Crippen LogP contribution in [0.2, 0.25) is 5.02 Å². The van der Waals surface area contributed by atoms with Crippen LogP contribution in [0.25, 0.3) is 5.65 Å². The highest BCUT2D eigenvalue weighted by Crippen LogP contribution is 2.62. The largest absolute Gasteiger partial charge is 0.364 e. The fourth-order valence-corrected chi connectivity index (χ4v) is 5.74. The highest BCUT2D eigenvalue weighted by atomic mass is 35.5. The van der Waals surface area contributed by atoms with Gasteiger partial charge in [0.2, 0.25) is 11.8 Å². The van der Waals surface area contributed by atoms with Gasteiger partial charge in [0.15, 0.2) is 5.65 Å². The Morgan fingerprint density at radius 2 is 1.88 bits per heavy atom. The number of hydrogen-bond donors (Lipinski definition) is 2. The quantitative estimate of drug-likeness (QED) is 0.280. The molecule has 14 heteroatoms. The van der Waals surface area contributed by atoms with Crippen LogP contribution in [0.3, 0.4) is 0 Å². The lowest BCUT2D eigenvalue weighted by Gasteiger charge is -2.17. The van der Waals surface area contributed by atoms with Gasteiger partial charge in [-0.15, -0.1) is 0 Å². The van der Waals surface area contributed by atoms with Gasteiger partial charge in [-0.25, -0.2) is 28.5 Å². The molecule has 0 unspecified atom stereocenters. The van der Waals surface area contributed by atoms with Crippen molar-refractivity contribution in [2.24, 2.45) is 5.92 Å². The molecule has 3 aromatic heterocycles. The molecule has 1 aliphatic heterocycles. The summed E-state index contributed by atoms with van der Waals surface area (Å²) in [6.07, 6.45) is 7.16. The van der Waals surface area contributed by atoms with Gasteiger partial charge in [-0.3, -0.25) is 19.4 Å². The van der Waals surface area contributed by atoms with Gasteiger partial charge in [0.05, 0.1) is 23.8 Å². The Labute approximate surface area is 248 Å². The minimum absolute atomic E-state index is 0.0539. The molecule has 2 atom stereocenters. The normalized spacial score (nSPS) is 21.0. The number of aromatic nitrogens is 4. The topological polar surface area (TPSA) is 125 Å². The maximum Gasteiger partial charge on any atom is 0.331 e. The first-order valence-electron chi connectivity index (χ1n) is 13.7. The molecule has 1 saturated heterocycles. The molecule has 2 saturated carbocycles. The SMILES string of the molecule is CN1C(=O)CN(c2cc(C3CC3)cn3cc(CNc4cc(NC(=O)[C@@H]5[C@@H](c6cccc(Cl)c6)C5(F)F)ncn4)nc23)C1=O. The second-order valence-electron chi connectivity index (χ2n) is 11.0.